The van der Waals surface area contributed by atoms with E-state index in [9.17, 15) is 9.18 Å². The smallest absolute Gasteiger partial charge is 0.152 e. The lowest BCUT2D eigenvalue weighted by Gasteiger charge is -2.22. The van der Waals surface area contributed by atoms with Crippen LogP contribution in [0.15, 0.2) is 18.2 Å². The number of aldehydes is 1. The fourth-order valence-corrected chi connectivity index (χ4v) is 2.33. The maximum absolute atomic E-state index is 13.4. The molecule has 0 aromatic heterocycles. The van der Waals surface area contributed by atoms with Gasteiger partial charge < -0.3 is 0 Å². The monoisotopic (exact) mass is 206 g/mol. The van der Waals surface area contributed by atoms with Crippen molar-refractivity contribution in [3.8, 4) is 0 Å². The first-order valence-corrected chi connectivity index (χ1v) is 5.56. The van der Waals surface area contributed by atoms with Crippen LogP contribution in [0.5, 0.6) is 0 Å². The minimum Gasteiger partial charge on any atom is -0.298 e. The lowest BCUT2D eigenvalue weighted by molar-refractivity contribution is 0.112. The van der Waals surface area contributed by atoms with Crippen LogP contribution in [0.25, 0.3) is 0 Å². The number of carbonyl (C=O) groups is 1. The molecule has 2 rings (SSSR count). The Balaban J connectivity index is 2.21. The second-order valence-electron chi connectivity index (χ2n) is 4.23. The molecule has 1 saturated carbocycles. The Bertz CT molecular complexity index is 354. The fraction of sp³-hybridized carbons (Fsp3) is 0.462. The molecule has 1 aromatic rings. The van der Waals surface area contributed by atoms with E-state index in [0.29, 0.717) is 12.2 Å². The molecular formula is C13H15FO. The number of hydrogen-bond donors (Lipinski definition) is 0. The van der Waals surface area contributed by atoms with Gasteiger partial charge in [0, 0.05) is 0 Å². The van der Waals surface area contributed by atoms with E-state index in [4.69, 9.17) is 0 Å². The maximum atomic E-state index is 13.4. The third-order valence-electron chi connectivity index (χ3n) is 3.23. The summed E-state index contributed by atoms with van der Waals surface area (Å²) < 4.78 is 13.4. The van der Waals surface area contributed by atoms with Crippen molar-refractivity contribution in [1.29, 1.82) is 0 Å². The second-order valence-corrected chi connectivity index (χ2v) is 4.23. The first kappa shape index (κ1) is 10.3. The van der Waals surface area contributed by atoms with Crippen molar-refractivity contribution >= 4 is 6.29 Å². The van der Waals surface area contributed by atoms with E-state index >= 15 is 0 Å². The van der Waals surface area contributed by atoms with E-state index in [2.05, 4.69) is 0 Å². The van der Waals surface area contributed by atoms with Crippen molar-refractivity contribution in [3.05, 3.63) is 35.1 Å². The van der Waals surface area contributed by atoms with Gasteiger partial charge in [0.05, 0.1) is 5.56 Å². The highest BCUT2D eigenvalue weighted by atomic mass is 19.1. The highest BCUT2D eigenvalue weighted by molar-refractivity contribution is 5.75. The van der Waals surface area contributed by atoms with Crippen LogP contribution < -0.4 is 0 Å². The van der Waals surface area contributed by atoms with Crippen LogP contribution in [0.2, 0.25) is 0 Å². The molecule has 80 valence electrons. The number of rotatable bonds is 2. The molecule has 0 aliphatic heterocycles. The van der Waals surface area contributed by atoms with Gasteiger partial charge in [-0.15, -0.1) is 0 Å². The van der Waals surface area contributed by atoms with Gasteiger partial charge in [0.1, 0.15) is 5.82 Å². The van der Waals surface area contributed by atoms with Crippen LogP contribution >= 0.6 is 0 Å². The van der Waals surface area contributed by atoms with Gasteiger partial charge in [-0.1, -0.05) is 25.3 Å². The molecule has 0 saturated heterocycles. The molecule has 2 heteroatoms. The maximum Gasteiger partial charge on any atom is 0.152 e. The quantitative estimate of drug-likeness (QED) is 0.674. The minimum absolute atomic E-state index is 0.162. The molecule has 0 N–H and O–H groups in total. The Morgan fingerprint density at radius 1 is 1.20 bits per heavy atom. The summed E-state index contributed by atoms with van der Waals surface area (Å²) in [5, 5.41) is 0. The Hall–Kier alpha value is -1.18. The summed E-state index contributed by atoms with van der Waals surface area (Å²) in [7, 11) is 0. The van der Waals surface area contributed by atoms with E-state index in [1.807, 2.05) is 6.07 Å². The molecule has 0 spiro atoms. The van der Waals surface area contributed by atoms with Gasteiger partial charge in [0.2, 0.25) is 0 Å². The summed E-state index contributed by atoms with van der Waals surface area (Å²) in [6.45, 7) is 0. The molecule has 0 radical (unpaired) electrons. The van der Waals surface area contributed by atoms with Gasteiger partial charge in [-0.05, 0) is 36.5 Å². The van der Waals surface area contributed by atoms with Crippen molar-refractivity contribution in [2.45, 2.75) is 38.0 Å². The van der Waals surface area contributed by atoms with Gasteiger partial charge in [0.25, 0.3) is 0 Å². The summed E-state index contributed by atoms with van der Waals surface area (Å²) in [6, 6.07) is 5.01. The van der Waals surface area contributed by atoms with Crippen LogP contribution in [0, 0.1) is 5.82 Å². The van der Waals surface area contributed by atoms with Gasteiger partial charge in [-0.25, -0.2) is 4.39 Å². The van der Waals surface area contributed by atoms with E-state index in [-0.39, 0.29) is 11.4 Å². The molecule has 1 nitrogen and oxygen atoms in total. The molecule has 0 bridgehead atoms. The Morgan fingerprint density at radius 2 is 1.93 bits per heavy atom. The van der Waals surface area contributed by atoms with Crippen molar-refractivity contribution in [3.63, 3.8) is 0 Å². The van der Waals surface area contributed by atoms with Crippen molar-refractivity contribution in [2.24, 2.45) is 0 Å². The summed E-state index contributed by atoms with van der Waals surface area (Å²) >= 11 is 0. The van der Waals surface area contributed by atoms with Gasteiger partial charge in [-0.2, -0.15) is 0 Å². The normalized spacial score (nSPS) is 17.7. The van der Waals surface area contributed by atoms with E-state index < -0.39 is 0 Å². The predicted octanol–water partition coefficient (Wildman–Crippen LogP) is 3.69. The van der Waals surface area contributed by atoms with Crippen LogP contribution in [0.4, 0.5) is 4.39 Å². The highest BCUT2D eigenvalue weighted by Crippen LogP contribution is 2.32. The topological polar surface area (TPSA) is 17.1 Å². The van der Waals surface area contributed by atoms with E-state index in [1.165, 1.54) is 25.3 Å². The third-order valence-corrected chi connectivity index (χ3v) is 3.23. The number of benzene rings is 1. The highest BCUT2D eigenvalue weighted by Gasteiger charge is 2.16. The summed E-state index contributed by atoms with van der Waals surface area (Å²) in [6.07, 6.45) is 6.65. The van der Waals surface area contributed by atoms with E-state index in [1.54, 1.807) is 6.07 Å². The van der Waals surface area contributed by atoms with Crippen LogP contribution in [-0.2, 0) is 0 Å². The standard InChI is InChI=1S/C13H15FO/c14-13-8-11(6-7-12(13)9-15)10-4-2-1-3-5-10/h6-10H,1-5H2. The predicted molar refractivity (Wildman–Crippen MR) is 57.6 cm³/mol. The lowest BCUT2D eigenvalue weighted by Crippen LogP contribution is -2.05. The average molecular weight is 206 g/mol. The Kier molecular flexibility index (Phi) is 3.14. The average Bonchev–Trinajstić information content (AvgIpc) is 2.30. The zero-order valence-corrected chi connectivity index (χ0v) is 8.71. The van der Waals surface area contributed by atoms with Crippen LogP contribution in [0.3, 0.4) is 0 Å². The molecule has 0 unspecified atom stereocenters. The molecule has 0 amide bonds. The largest absolute Gasteiger partial charge is 0.298 e. The number of carbonyl (C=O) groups excluding carboxylic acids is 1. The van der Waals surface area contributed by atoms with Crippen LogP contribution in [0.1, 0.15) is 53.9 Å². The van der Waals surface area contributed by atoms with Crippen molar-refractivity contribution in [2.75, 3.05) is 0 Å². The van der Waals surface area contributed by atoms with Gasteiger partial charge in [0.15, 0.2) is 6.29 Å². The minimum atomic E-state index is -0.381. The molecular weight excluding hydrogens is 191 g/mol. The van der Waals surface area contributed by atoms with E-state index in [0.717, 1.165) is 18.4 Å². The van der Waals surface area contributed by atoms with Crippen molar-refractivity contribution < 1.29 is 9.18 Å². The van der Waals surface area contributed by atoms with Crippen molar-refractivity contribution in [1.82, 2.24) is 0 Å². The summed E-state index contributed by atoms with van der Waals surface area (Å²) in [4.78, 5) is 10.5. The molecule has 1 aliphatic rings. The van der Waals surface area contributed by atoms with Gasteiger partial charge in [-0.3, -0.25) is 4.79 Å². The zero-order valence-electron chi connectivity index (χ0n) is 8.71. The Labute approximate surface area is 89.3 Å². The third kappa shape index (κ3) is 2.25. The zero-order chi connectivity index (χ0) is 10.7. The second kappa shape index (κ2) is 4.56. The Morgan fingerprint density at radius 3 is 2.53 bits per heavy atom. The molecule has 1 aromatic carbocycles. The van der Waals surface area contributed by atoms with Gasteiger partial charge >= 0.3 is 0 Å². The molecule has 0 heterocycles. The number of hydrogen-bond acceptors (Lipinski definition) is 1. The number of halogens is 1. The summed E-state index contributed by atoms with van der Waals surface area (Å²) in [5.74, 6) is 0.113. The molecule has 15 heavy (non-hydrogen) atoms. The first-order chi connectivity index (χ1) is 7.31. The molecule has 0 atom stereocenters. The SMILES string of the molecule is O=Cc1ccc(C2CCCCC2)cc1F. The molecule has 1 aliphatic carbocycles. The fourth-order valence-electron chi connectivity index (χ4n) is 2.33. The summed E-state index contributed by atoms with van der Waals surface area (Å²) in [5.41, 5.74) is 1.22. The lowest BCUT2D eigenvalue weighted by atomic mass is 9.84. The first-order valence-electron chi connectivity index (χ1n) is 5.56. The molecule has 1 fully saturated rings. The van der Waals surface area contributed by atoms with Crippen LogP contribution in [-0.4, -0.2) is 6.29 Å².